The molecule has 2 rings (SSSR count). The first-order chi connectivity index (χ1) is 7.56. The smallest absolute Gasteiger partial charge is 0.210 e. The van der Waals surface area contributed by atoms with Crippen molar-refractivity contribution in [1.82, 2.24) is 10.2 Å². The average Bonchev–Trinajstić information content (AvgIpc) is 2.27. The molecule has 0 aliphatic heterocycles. The highest BCUT2D eigenvalue weighted by Gasteiger charge is 2.11. The number of fused-ring (bicyclic) bond motifs is 1. The zero-order chi connectivity index (χ0) is 11.9. The molecule has 1 heterocycles. The minimum absolute atomic E-state index is 0.117. The Morgan fingerprint density at radius 1 is 1.38 bits per heavy atom. The zero-order valence-corrected chi connectivity index (χ0v) is 9.38. The Morgan fingerprint density at radius 2 is 2.06 bits per heavy atom. The molecule has 1 aromatic carbocycles. The average molecular weight is 213 g/mol. The molecule has 0 aliphatic rings. The van der Waals surface area contributed by atoms with E-state index in [1.807, 2.05) is 13.8 Å². The van der Waals surface area contributed by atoms with Crippen molar-refractivity contribution in [3.63, 3.8) is 0 Å². The molecule has 0 unspecified atom stereocenters. The number of rotatable bonds is 0. The van der Waals surface area contributed by atoms with Crippen molar-refractivity contribution in [3.05, 3.63) is 38.7 Å². The Kier molecular flexibility index (Phi) is 2.24. The van der Waals surface area contributed by atoms with Crippen LogP contribution in [0.2, 0.25) is 0 Å². The number of benzene rings is 1. The molecule has 0 amide bonds. The molecule has 0 atom stereocenters. The van der Waals surface area contributed by atoms with Gasteiger partial charge in [-0.2, -0.15) is 10.4 Å². The number of aryl methyl sites for hydroxylation is 2. The molecule has 0 saturated heterocycles. The fraction of sp³-hybridized carbons (Fsp3) is 0.250. The van der Waals surface area contributed by atoms with Gasteiger partial charge in [0.15, 0.2) is 0 Å². The summed E-state index contributed by atoms with van der Waals surface area (Å²) in [5.74, 6) is 0. The standard InChI is InChI=1S/C12H11N3O/c1-6-4-9-11(10(5-13)7(6)2)15-14-8(3)12(9)16/h4H,1-3H3,(H,15,16). The first-order valence-corrected chi connectivity index (χ1v) is 4.95. The largest absolute Gasteiger partial charge is 0.287 e. The molecular weight excluding hydrogens is 202 g/mol. The lowest BCUT2D eigenvalue weighted by molar-refractivity contribution is 1.000. The minimum Gasteiger partial charge on any atom is -0.287 e. The Labute approximate surface area is 92.5 Å². The molecule has 4 nitrogen and oxygen atoms in total. The van der Waals surface area contributed by atoms with E-state index >= 15 is 0 Å². The summed E-state index contributed by atoms with van der Waals surface area (Å²) in [6.07, 6.45) is 0. The maximum atomic E-state index is 11.9. The SMILES string of the molecule is Cc1cc2c(=O)c(C)n[nH]c2c(C#N)c1C. The fourth-order valence-electron chi connectivity index (χ4n) is 1.74. The van der Waals surface area contributed by atoms with Crippen molar-refractivity contribution in [3.8, 4) is 6.07 Å². The maximum absolute atomic E-state index is 11.9. The van der Waals surface area contributed by atoms with Crippen molar-refractivity contribution in [2.45, 2.75) is 20.8 Å². The van der Waals surface area contributed by atoms with Crippen molar-refractivity contribution < 1.29 is 0 Å². The number of hydrogen-bond donors (Lipinski definition) is 1. The van der Waals surface area contributed by atoms with Gasteiger partial charge in [0.05, 0.1) is 16.5 Å². The molecule has 0 saturated carbocycles. The van der Waals surface area contributed by atoms with Crippen LogP contribution in [0.4, 0.5) is 0 Å². The van der Waals surface area contributed by atoms with Crippen LogP contribution in [0, 0.1) is 32.1 Å². The topological polar surface area (TPSA) is 69.5 Å². The van der Waals surface area contributed by atoms with Gasteiger partial charge in [0.2, 0.25) is 5.43 Å². The summed E-state index contributed by atoms with van der Waals surface area (Å²) < 4.78 is 0. The highest BCUT2D eigenvalue weighted by Crippen LogP contribution is 2.20. The van der Waals surface area contributed by atoms with Crippen LogP contribution in [-0.4, -0.2) is 10.2 Å². The Bertz CT molecular complexity index is 677. The zero-order valence-electron chi connectivity index (χ0n) is 9.38. The number of aromatic amines is 1. The van der Waals surface area contributed by atoms with E-state index in [1.54, 1.807) is 13.0 Å². The normalized spacial score (nSPS) is 10.4. The molecule has 1 N–H and O–H groups in total. The van der Waals surface area contributed by atoms with Crippen LogP contribution < -0.4 is 5.43 Å². The van der Waals surface area contributed by atoms with Gasteiger partial charge >= 0.3 is 0 Å². The summed E-state index contributed by atoms with van der Waals surface area (Å²) >= 11 is 0. The third-order valence-electron chi connectivity index (χ3n) is 2.87. The van der Waals surface area contributed by atoms with Crippen LogP contribution in [0.25, 0.3) is 10.9 Å². The van der Waals surface area contributed by atoms with E-state index in [4.69, 9.17) is 5.26 Å². The Hall–Kier alpha value is -2.15. The molecule has 1 aromatic heterocycles. The van der Waals surface area contributed by atoms with Crippen molar-refractivity contribution in [1.29, 1.82) is 5.26 Å². The lowest BCUT2D eigenvalue weighted by atomic mass is 10.00. The number of hydrogen-bond acceptors (Lipinski definition) is 3. The van der Waals surface area contributed by atoms with E-state index in [0.29, 0.717) is 22.2 Å². The minimum atomic E-state index is -0.117. The van der Waals surface area contributed by atoms with E-state index in [2.05, 4.69) is 16.3 Å². The van der Waals surface area contributed by atoms with Gasteiger partial charge < -0.3 is 0 Å². The molecule has 0 aliphatic carbocycles. The third-order valence-corrected chi connectivity index (χ3v) is 2.87. The first-order valence-electron chi connectivity index (χ1n) is 4.95. The van der Waals surface area contributed by atoms with E-state index < -0.39 is 0 Å². The van der Waals surface area contributed by atoms with Gasteiger partial charge in [-0.25, -0.2) is 0 Å². The number of nitrogens with zero attached hydrogens (tertiary/aromatic N) is 2. The van der Waals surface area contributed by atoms with Gasteiger partial charge in [0.25, 0.3) is 0 Å². The number of aromatic nitrogens is 2. The lowest BCUT2D eigenvalue weighted by Gasteiger charge is -2.06. The summed E-state index contributed by atoms with van der Waals surface area (Å²) in [6.45, 7) is 5.41. The van der Waals surface area contributed by atoms with Crippen molar-refractivity contribution in [2.24, 2.45) is 0 Å². The monoisotopic (exact) mass is 213 g/mol. The van der Waals surface area contributed by atoms with Gasteiger partial charge in [-0.05, 0) is 38.0 Å². The molecule has 4 heteroatoms. The highest BCUT2D eigenvalue weighted by atomic mass is 16.1. The molecule has 0 radical (unpaired) electrons. The summed E-state index contributed by atoms with van der Waals surface area (Å²) in [5, 5.41) is 16.3. The van der Waals surface area contributed by atoms with Gasteiger partial charge in [-0.15, -0.1) is 0 Å². The highest BCUT2D eigenvalue weighted by molar-refractivity contribution is 5.86. The van der Waals surface area contributed by atoms with Crippen molar-refractivity contribution >= 4 is 10.9 Å². The second-order valence-corrected chi connectivity index (χ2v) is 3.87. The molecule has 16 heavy (non-hydrogen) atoms. The predicted molar refractivity (Wildman–Crippen MR) is 61.3 cm³/mol. The van der Waals surface area contributed by atoms with Gasteiger partial charge in [0, 0.05) is 0 Å². The molecule has 2 aromatic rings. The molecular formula is C12H11N3O. The van der Waals surface area contributed by atoms with Gasteiger partial charge in [-0.1, -0.05) is 0 Å². The third kappa shape index (κ3) is 1.29. The van der Waals surface area contributed by atoms with E-state index in [0.717, 1.165) is 11.1 Å². The predicted octanol–water partition coefficient (Wildman–Crippen LogP) is 1.72. The van der Waals surface area contributed by atoms with Crippen LogP contribution in [0.5, 0.6) is 0 Å². The number of nitrogens with one attached hydrogen (secondary N) is 1. The van der Waals surface area contributed by atoms with Crippen LogP contribution in [0.1, 0.15) is 22.4 Å². The van der Waals surface area contributed by atoms with E-state index in [1.165, 1.54) is 0 Å². The molecule has 0 bridgehead atoms. The second-order valence-electron chi connectivity index (χ2n) is 3.87. The van der Waals surface area contributed by atoms with Crippen LogP contribution >= 0.6 is 0 Å². The summed E-state index contributed by atoms with van der Waals surface area (Å²) in [6, 6.07) is 3.92. The van der Waals surface area contributed by atoms with Crippen LogP contribution in [-0.2, 0) is 0 Å². The van der Waals surface area contributed by atoms with E-state index in [-0.39, 0.29) is 5.43 Å². The van der Waals surface area contributed by atoms with Gasteiger partial charge in [0.1, 0.15) is 11.8 Å². The molecule has 0 fully saturated rings. The number of H-pyrrole nitrogens is 1. The van der Waals surface area contributed by atoms with Gasteiger partial charge in [-0.3, -0.25) is 9.89 Å². The second kappa shape index (κ2) is 3.46. The number of nitriles is 1. The fourth-order valence-corrected chi connectivity index (χ4v) is 1.74. The van der Waals surface area contributed by atoms with Crippen molar-refractivity contribution in [2.75, 3.05) is 0 Å². The summed E-state index contributed by atoms with van der Waals surface area (Å²) in [4.78, 5) is 11.9. The van der Waals surface area contributed by atoms with E-state index in [9.17, 15) is 4.79 Å². The quantitative estimate of drug-likeness (QED) is 0.724. The lowest BCUT2D eigenvalue weighted by Crippen LogP contribution is -2.11. The Balaban J connectivity index is 3.10. The Morgan fingerprint density at radius 3 is 2.69 bits per heavy atom. The summed E-state index contributed by atoms with van der Waals surface area (Å²) in [5.41, 5.74) is 3.16. The summed E-state index contributed by atoms with van der Waals surface area (Å²) in [7, 11) is 0. The molecule has 0 spiro atoms. The van der Waals surface area contributed by atoms with Crippen LogP contribution in [0.15, 0.2) is 10.9 Å². The van der Waals surface area contributed by atoms with Crippen LogP contribution in [0.3, 0.4) is 0 Å². The molecule has 80 valence electrons. The maximum Gasteiger partial charge on any atom is 0.210 e. The first kappa shape index (κ1) is 10.4.